The lowest BCUT2D eigenvalue weighted by molar-refractivity contribution is -0.145. The van der Waals surface area contributed by atoms with E-state index in [1.165, 1.54) is 0 Å². The Morgan fingerprint density at radius 1 is 1.43 bits per heavy atom. The molecule has 0 fully saturated rings. The zero-order valence-corrected chi connectivity index (χ0v) is 13.7. The highest BCUT2D eigenvalue weighted by Crippen LogP contribution is 2.32. The van der Waals surface area contributed by atoms with Crippen molar-refractivity contribution >= 4 is 17.6 Å². The number of rotatable bonds is 8. The van der Waals surface area contributed by atoms with Crippen molar-refractivity contribution in [2.75, 3.05) is 40.9 Å². The van der Waals surface area contributed by atoms with E-state index >= 15 is 0 Å². The van der Waals surface area contributed by atoms with Gasteiger partial charge in [0.2, 0.25) is 0 Å². The SMILES string of the molecule is CCOC(=O)C(NCCN(C)C)c1c(Cl)cccc1OC. The first-order chi connectivity index (χ1) is 10.0. The molecule has 6 heteroatoms. The highest BCUT2D eigenvalue weighted by Gasteiger charge is 2.27. The number of benzene rings is 1. The number of ether oxygens (including phenoxy) is 2. The van der Waals surface area contributed by atoms with Gasteiger partial charge in [0.1, 0.15) is 11.8 Å². The first-order valence-corrected chi connectivity index (χ1v) is 7.26. The molecule has 118 valence electrons. The third kappa shape index (κ3) is 5.19. The average Bonchev–Trinajstić information content (AvgIpc) is 2.44. The molecule has 0 aliphatic heterocycles. The average molecular weight is 315 g/mol. The van der Waals surface area contributed by atoms with Crippen LogP contribution in [-0.2, 0) is 9.53 Å². The summed E-state index contributed by atoms with van der Waals surface area (Å²) < 4.78 is 10.5. The van der Waals surface area contributed by atoms with Crippen molar-refractivity contribution in [2.24, 2.45) is 0 Å². The number of likely N-dealkylation sites (N-methyl/N-ethyl adjacent to an activating group) is 1. The van der Waals surface area contributed by atoms with Crippen molar-refractivity contribution in [3.63, 3.8) is 0 Å². The fourth-order valence-electron chi connectivity index (χ4n) is 1.94. The molecular weight excluding hydrogens is 292 g/mol. The van der Waals surface area contributed by atoms with Gasteiger partial charge in [0.15, 0.2) is 0 Å². The van der Waals surface area contributed by atoms with Gasteiger partial charge in [0, 0.05) is 23.7 Å². The summed E-state index contributed by atoms with van der Waals surface area (Å²) >= 11 is 6.25. The number of carbonyl (C=O) groups excluding carboxylic acids is 1. The molecule has 5 nitrogen and oxygen atoms in total. The molecule has 1 aromatic rings. The number of halogens is 1. The maximum atomic E-state index is 12.2. The van der Waals surface area contributed by atoms with Crippen LogP contribution in [-0.4, -0.2) is 51.8 Å². The Bertz CT molecular complexity index is 466. The van der Waals surface area contributed by atoms with Crippen LogP contribution < -0.4 is 10.1 Å². The van der Waals surface area contributed by atoms with Crippen molar-refractivity contribution in [2.45, 2.75) is 13.0 Å². The molecule has 1 rings (SSSR count). The van der Waals surface area contributed by atoms with E-state index in [4.69, 9.17) is 21.1 Å². The van der Waals surface area contributed by atoms with E-state index in [-0.39, 0.29) is 5.97 Å². The lowest BCUT2D eigenvalue weighted by atomic mass is 10.1. The summed E-state index contributed by atoms with van der Waals surface area (Å²) in [7, 11) is 5.49. The van der Waals surface area contributed by atoms with Crippen molar-refractivity contribution in [3.8, 4) is 5.75 Å². The first-order valence-electron chi connectivity index (χ1n) is 6.88. The first kappa shape index (κ1) is 17.8. The van der Waals surface area contributed by atoms with E-state index in [2.05, 4.69) is 5.32 Å². The van der Waals surface area contributed by atoms with Crippen LogP contribution in [0.2, 0.25) is 5.02 Å². The van der Waals surface area contributed by atoms with Crippen LogP contribution in [0.1, 0.15) is 18.5 Å². The zero-order valence-electron chi connectivity index (χ0n) is 13.0. The summed E-state index contributed by atoms with van der Waals surface area (Å²) in [6.07, 6.45) is 0. The molecule has 0 aromatic heterocycles. The van der Waals surface area contributed by atoms with Gasteiger partial charge in [-0.3, -0.25) is 5.32 Å². The van der Waals surface area contributed by atoms with Crippen LogP contribution in [0.15, 0.2) is 18.2 Å². The summed E-state index contributed by atoms with van der Waals surface area (Å²) in [6, 6.07) is 4.65. The normalized spacial score (nSPS) is 12.3. The van der Waals surface area contributed by atoms with Crippen LogP contribution >= 0.6 is 11.6 Å². The van der Waals surface area contributed by atoms with Gasteiger partial charge in [-0.25, -0.2) is 4.79 Å². The summed E-state index contributed by atoms with van der Waals surface area (Å²) in [5, 5.41) is 3.66. The zero-order chi connectivity index (χ0) is 15.8. The Balaban J connectivity index is 3.02. The van der Waals surface area contributed by atoms with Crippen molar-refractivity contribution in [3.05, 3.63) is 28.8 Å². The number of methoxy groups -OCH3 is 1. The Kier molecular flexibility index (Phi) is 7.50. The Labute approximate surface area is 131 Å². The lowest BCUT2D eigenvalue weighted by Gasteiger charge is -2.22. The molecule has 0 aliphatic carbocycles. The predicted molar refractivity (Wildman–Crippen MR) is 83.9 cm³/mol. The minimum atomic E-state index is -0.645. The molecule has 1 aromatic carbocycles. The lowest BCUT2D eigenvalue weighted by Crippen LogP contribution is -2.35. The number of hydrogen-bond acceptors (Lipinski definition) is 5. The van der Waals surface area contributed by atoms with Gasteiger partial charge in [-0.1, -0.05) is 17.7 Å². The Morgan fingerprint density at radius 2 is 2.14 bits per heavy atom. The molecule has 0 saturated heterocycles. The molecule has 0 bridgehead atoms. The van der Waals surface area contributed by atoms with Crippen LogP contribution in [0.5, 0.6) is 5.75 Å². The summed E-state index contributed by atoms with van der Waals surface area (Å²) in [5.41, 5.74) is 0.610. The smallest absolute Gasteiger partial charge is 0.327 e. The Hall–Kier alpha value is -1.30. The largest absolute Gasteiger partial charge is 0.496 e. The molecule has 1 unspecified atom stereocenters. The van der Waals surface area contributed by atoms with Crippen molar-refractivity contribution < 1.29 is 14.3 Å². The van der Waals surface area contributed by atoms with E-state index in [9.17, 15) is 4.79 Å². The van der Waals surface area contributed by atoms with Gasteiger partial charge in [0.25, 0.3) is 0 Å². The maximum absolute atomic E-state index is 12.2. The second-order valence-corrected chi connectivity index (χ2v) is 5.21. The maximum Gasteiger partial charge on any atom is 0.327 e. The second kappa shape index (κ2) is 8.87. The van der Waals surface area contributed by atoms with E-state index in [1.807, 2.05) is 19.0 Å². The molecule has 0 spiro atoms. The molecule has 0 amide bonds. The van der Waals surface area contributed by atoms with Crippen LogP contribution in [0.4, 0.5) is 0 Å². The highest BCUT2D eigenvalue weighted by molar-refractivity contribution is 6.31. The quantitative estimate of drug-likeness (QED) is 0.745. The predicted octanol–water partition coefficient (Wildman–Crippen LogP) is 2.10. The van der Waals surface area contributed by atoms with Crippen molar-refractivity contribution in [1.29, 1.82) is 0 Å². The molecule has 21 heavy (non-hydrogen) atoms. The third-order valence-corrected chi connectivity index (χ3v) is 3.28. The molecule has 0 heterocycles. The molecule has 0 saturated carbocycles. The summed E-state index contributed by atoms with van der Waals surface area (Å²) in [4.78, 5) is 14.3. The molecule has 1 atom stereocenters. The van der Waals surface area contributed by atoms with Gasteiger partial charge in [-0.05, 0) is 33.2 Å². The fourth-order valence-corrected chi connectivity index (χ4v) is 2.21. The van der Waals surface area contributed by atoms with Crippen LogP contribution in [0.3, 0.4) is 0 Å². The molecule has 0 radical (unpaired) electrons. The topological polar surface area (TPSA) is 50.8 Å². The van der Waals surface area contributed by atoms with E-state index in [0.717, 1.165) is 6.54 Å². The molecule has 0 aliphatic rings. The molecule has 1 N–H and O–H groups in total. The monoisotopic (exact) mass is 314 g/mol. The minimum Gasteiger partial charge on any atom is -0.496 e. The van der Waals surface area contributed by atoms with E-state index < -0.39 is 6.04 Å². The Morgan fingerprint density at radius 3 is 2.71 bits per heavy atom. The number of hydrogen-bond donors (Lipinski definition) is 1. The standard InChI is InChI=1S/C15H23ClN2O3/c1-5-21-15(19)14(17-9-10-18(2)3)13-11(16)7-6-8-12(13)20-4/h6-8,14,17H,5,9-10H2,1-4H3. The molecular formula is C15H23ClN2O3. The number of nitrogens with one attached hydrogen (secondary N) is 1. The van der Waals surface area contributed by atoms with Gasteiger partial charge < -0.3 is 14.4 Å². The number of esters is 1. The summed E-state index contributed by atoms with van der Waals surface area (Å²) in [6.45, 7) is 3.52. The number of nitrogens with zero attached hydrogens (tertiary/aromatic N) is 1. The van der Waals surface area contributed by atoms with Crippen molar-refractivity contribution in [1.82, 2.24) is 10.2 Å². The van der Waals surface area contributed by atoms with Gasteiger partial charge in [-0.2, -0.15) is 0 Å². The van der Waals surface area contributed by atoms with Crippen LogP contribution in [0, 0.1) is 0 Å². The summed E-state index contributed by atoms with van der Waals surface area (Å²) in [5.74, 6) is 0.209. The minimum absolute atomic E-state index is 0.317. The second-order valence-electron chi connectivity index (χ2n) is 4.80. The third-order valence-electron chi connectivity index (χ3n) is 2.95. The van der Waals surface area contributed by atoms with E-state index in [0.29, 0.717) is 29.5 Å². The van der Waals surface area contributed by atoms with E-state index in [1.54, 1.807) is 32.2 Å². The highest BCUT2D eigenvalue weighted by atomic mass is 35.5. The van der Waals surface area contributed by atoms with Gasteiger partial charge in [-0.15, -0.1) is 0 Å². The fraction of sp³-hybridized carbons (Fsp3) is 0.533. The van der Waals surface area contributed by atoms with Gasteiger partial charge in [0.05, 0.1) is 13.7 Å². The van der Waals surface area contributed by atoms with Gasteiger partial charge >= 0.3 is 5.97 Å². The number of carbonyl (C=O) groups is 1. The van der Waals surface area contributed by atoms with Crippen LogP contribution in [0.25, 0.3) is 0 Å².